The van der Waals surface area contributed by atoms with E-state index < -0.39 is 11.3 Å². The van der Waals surface area contributed by atoms with E-state index in [1.165, 1.54) is 4.31 Å². The third-order valence-electron chi connectivity index (χ3n) is 2.46. The molecular formula is C10H12NO3S-. The molecule has 4 nitrogen and oxygen atoms in total. The van der Waals surface area contributed by atoms with Gasteiger partial charge in [0.15, 0.2) is 0 Å². The fraction of sp³-hybridized carbons (Fsp3) is 0.400. The quantitative estimate of drug-likeness (QED) is 0.703. The van der Waals surface area contributed by atoms with Gasteiger partial charge in [-0.3, -0.25) is 4.21 Å². The molecule has 1 aromatic rings. The Kier molecular flexibility index (Phi) is 3.48. The average Bonchev–Trinajstić information content (AvgIpc) is 2.30. The van der Waals surface area contributed by atoms with Crippen LogP contribution >= 0.6 is 0 Å². The second kappa shape index (κ2) is 4.85. The highest BCUT2D eigenvalue weighted by molar-refractivity contribution is 7.76. The standard InChI is InChI=1S/C10H13NO3S/c12-15(13)11-6-7-14-8-10(11)9-4-2-1-3-5-9/h1-5,10H,6-8H2,(H,12,13)/p-1. The lowest BCUT2D eigenvalue weighted by Gasteiger charge is -2.36. The van der Waals surface area contributed by atoms with Gasteiger partial charge in [0.1, 0.15) is 0 Å². The van der Waals surface area contributed by atoms with Gasteiger partial charge in [-0.15, -0.1) is 0 Å². The van der Waals surface area contributed by atoms with Crippen LogP contribution < -0.4 is 0 Å². The molecule has 1 aromatic carbocycles. The van der Waals surface area contributed by atoms with Gasteiger partial charge in [-0.05, 0) is 5.56 Å². The minimum Gasteiger partial charge on any atom is -0.760 e. The molecule has 0 aromatic heterocycles. The molecular weight excluding hydrogens is 214 g/mol. The molecule has 1 fully saturated rings. The number of hydrogen-bond acceptors (Lipinski definition) is 3. The summed E-state index contributed by atoms with van der Waals surface area (Å²) in [5, 5.41) is 0. The molecule has 0 N–H and O–H groups in total. The van der Waals surface area contributed by atoms with Crippen molar-refractivity contribution in [1.29, 1.82) is 0 Å². The van der Waals surface area contributed by atoms with Crippen LogP contribution in [0.1, 0.15) is 11.6 Å². The van der Waals surface area contributed by atoms with Crippen LogP contribution in [0.25, 0.3) is 0 Å². The van der Waals surface area contributed by atoms with Gasteiger partial charge in [0.25, 0.3) is 0 Å². The highest BCUT2D eigenvalue weighted by Gasteiger charge is 2.24. The summed E-state index contributed by atoms with van der Waals surface area (Å²) in [6.07, 6.45) is 0. The molecule has 1 heterocycles. The van der Waals surface area contributed by atoms with E-state index in [4.69, 9.17) is 4.74 Å². The lowest BCUT2D eigenvalue weighted by Crippen LogP contribution is -2.40. The summed E-state index contributed by atoms with van der Waals surface area (Å²) in [4.78, 5) is 0. The van der Waals surface area contributed by atoms with Crippen molar-refractivity contribution >= 4 is 11.3 Å². The summed E-state index contributed by atoms with van der Waals surface area (Å²) in [5.74, 6) is 0. The lowest BCUT2D eigenvalue weighted by atomic mass is 10.1. The summed E-state index contributed by atoms with van der Waals surface area (Å²) in [7, 11) is 0. The minimum absolute atomic E-state index is 0.182. The Morgan fingerprint density at radius 2 is 2.13 bits per heavy atom. The molecule has 0 radical (unpaired) electrons. The maximum absolute atomic E-state index is 11.0. The molecule has 2 unspecified atom stereocenters. The molecule has 2 atom stereocenters. The van der Waals surface area contributed by atoms with Crippen LogP contribution in [0.15, 0.2) is 30.3 Å². The van der Waals surface area contributed by atoms with E-state index in [2.05, 4.69) is 0 Å². The molecule has 15 heavy (non-hydrogen) atoms. The first kappa shape index (κ1) is 10.8. The van der Waals surface area contributed by atoms with Crippen LogP contribution in [0.5, 0.6) is 0 Å². The molecule has 1 aliphatic rings. The van der Waals surface area contributed by atoms with E-state index in [9.17, 15) is 8.76 Å². The topological polar surface area (TPSA) is 52.6 Å². The van der Waals surface area contributed by atoms with Gasteiger partial charge in [0.2, 0.25) is 0 Å². The van der Waals surface area contributed by atoms with E-state index in [0.29, 0.717) is 19.8 Å². The lowest BCUT2D eigenvalue weighted by molar-refractivity contribution is 0.0311. The zero-order valence-electron chi connectivity index (χ0n) is 8.17. The molecule has 0 aliphatic carbocycles. The maximum Gasteiger partial charge on any atom is 0.0699 e. The first-order valence-electron chi connectivity index (χ1n) is 4.78. The van der Waals surface area contributed by atoms with E-state index in [-0.39, 0.29) is 6.04 Å². The van der Waals surface area contributed by atoms with Gasteiger partial charge in [-0.1, -0.05) is 30.3 Å². The molecule has 0 amide bonds. The molecule has 0 saturated carbocycles. The van der Waals surface area contributed by atoms with Crippen molar-refractivity contribution in [2.24, 2.45) is 0 Å². The largest absolute Gasteiger partial charge is 0.760 e. The predicted octanol–water partition coefficient (Wildman–Crippen LogP) is 0.854. The van der Waals surface area contributed by atoms with Crippen LogP contribution in [0.2, 0.25) is 0 Å². The Labute approximate surface area is 91.3 Å². The van der Waals surface area contributed by atoms with Crippen molar-refractivity contribution in [2.75, 3.05) is 19.8 Å². The zero-order valence-corrected chi connectivity index (χ0v) is 8.98. The van der Waals surface area contributed by atoms with Crippen molar-refractivity contribution in [3.05, 3.63) is 35.9 Å². The third-order valence-corrected chi connectivity index (χ3v) is 3.28. The predicted molar refractivity (Wildman–Crippen MR) is 55.6 cm³/mol. The van der Waals surface area contributed by atoms with Crippen molar-refractivity contribution in [2.45, 2.75) is 6.04 Å². The molecule has 0 spiro atoms. The van der Waals surface area contributed by atoms with Crippen LogP contribution in [0.4, 0.5) is 0 Å². The highest BCUT2D eigenvalue weighted by atomic mass is 32.2. The number of ether oxygens (including phenoxy) is 1. The molecule has 2 rings (SSSR count). The first-order chi connectivity index (χ1) is 7.29. The Hall–Kier alpha value is -0.750. The van der Waals surface area contributed by atoms with Crippen LogP contribution in [0.3, 0.4) is 0 Å². The number of morpholine rings is 1. The van der Waals surface area contributed by atoms with Crippen molar-refractivity contribution < 1.29 is 13.5 Å². The summed E-state index contributed by atoms with van der Waals surface area (Å²) >= 11 is -2.18. The minimum atomic E-state index is -2.18. The number of hydrogen-bond donors (Lipinski definition) is 0. The molecule has 1 saturated heterocycles. The highest BCUT2D eigenvalue weighted by Crippen LogP contribution is 2.24. The van der Waals surface area contributed by atoms with Gasteiger partial charge in [0.05, 0.1) is 19.3 Å². The van der Waals surface area contributed by atoms with Gasteiger partial charge in [-0.25, -0.2) is 4.31 Å². The number of nitrogens with zero attached hydrogens (tertiary/aromatic N) is 1. The number of benzene rings is 1. The van der Waals surface area contributed by atoms with Crippen molar-refractivity contribution in [3.8, 4) is 0 Å². The Balaban J connectivity index is 2.22. The second-order valence-electron chi connectivity index (χ2n) is 3.36. The summed E-state index contributed by atoms with van der Waals surface area (Å²) in [6.45, 7) is 1.32. The number of rotatable bonds is 2. The Morgan fingerprint density at radius 1 is 1.40 bits per heavy atom. The van der Waals surface area contributed by atoms with Crippen LogP contribution in [-0.2, 0) is 16.0 Å². The molecule has 0 bridgehead atoms. The summed E-state index contributed by atoms with van der Waals surface area (Å²) < 4.78 is 28.7. The Bertz CT molecular complexity index is 344. The Morgan fingerprint density at radius 3 is 2.80 bits per heavy atom. The SMILES string of the molecule is O=S([O-])N1CCOCC1c1ccccc1. The van der Waals surface area contributed by atoms with E-state index in [0.717, 1.165) is 5.56 Å². The monoisotopic (exact) mass is 226 g/mol. The van der Waals surface area contributed by atoms with E-state index in [1.54, 1.807) is 0 Å². The molecule has 5 heteroatoms. The van der Waals surface area contributed by atoms with Crippen LogP contribution in [0, 0.1) is 0 Å². The average molecular weight is 226 g/mol. The molecule has 82 valence electrons. The second-order valence-corrected chi connectivity index (χ2v) is 4.26. The van der Waals surface area contributed by atoms with Gasteiger partial charge in [0, 0.05) is 17.8 Å². The van der Waals surface area contributed by atoms with Crippen molar-refractivity contribution in [3.63, 3.8) is 0 Å². The fourth-order valence-electron chi connectivity index (χ4n) is 1.70. The third kappa shape index (κ3) is 2.43. The first-order valence-corrected chi connectivity index (χ1v) is 5.81. The van der Waals surface area contributed by atoms with Gasteiger partial charge in [-0.2, -0.15) is 0 Å². The van der Waals surface area contributed by atoms with E-state index >= 15 is 0 Å². The zero-order chi connectivity index (χ0) is 10.7. The maximum atomic E-state index is 11.0. The van der Waals surface area contributed by atoms with Gasteiger partial charge < -0.3 is 9.29 Å². The van der Waals surface area contributed by atoms with E-state index in [1.807, 2.05) is 30.3 Å². The smallest absolute Gasteiger partial charge is 0.0699 e. The summed E-state index contributed by atoms with van der Waals surface area (Å²) in [5.41, 5.74) is 0.974. The van der Waals surface area contributed by atoms with Crippen molar-refractivity contribution in [1.82, 2.24) is 4.31 Å². The summed E-state index contributed by atoms with van der Waals surface area (Å²) in [6, 6.07) is 9.36. The van der Waals surface area contributed by atoms with Crippen LogP contribution in [-0.4, -0.2) is 32.8 Å². The molecule has 1 aliphatic heterocycles. The fourth-order valence-corrected chi connectivity index (χ4v) is 2.32. The van der Waals surface area contributed by atoms with Gasteiger partial charge >= 0.3 is 0 Å². The normalized spacial score (nSPS) is 25.0.